The van der Waals surface area contributed by atoms with E-state index in [9.17, 15) is 18.0 Å². The van der Waals surface area contributed by atoms with Crippen LogP contribution in [0.3, 0.4) is 0 Å². The largest absolute Gasteiger partial charge is 0.480 e. The number of carboxylic acid groups (broad SMARTS) is 1. The van der Waals surface area contributed by atoms with Crippen LogP contribution in [0.25, 0.3) is 11.3 Å². The third kappa shape index (κ3) is 2.96. The van der Waals surface area contributed by atoms with Crippen LogP contribution < -0.4 is 5.32 Å². The van der Waals surface area contributed by atoms with E-state index in [0.29, 0.717) is 12.0 Å². The first-order chi connectivity index (χ1) is 10.9. The molecule has 0 amide bonds. The Kier molecular flexibility index (Phi) is 3.67. The number of rotatable bonds is 3. The van der Waals surface area contributed by atoms with Crippen molar-refractivity contribution in [3.8, 4) is 11.3 Å². The van der Waals surface area contributed by atoms with Crippen molar-refractivity contribution in [1.82, 2.24) is 9.97 Å². The zero-order valence-electron chi connectivity index (χ0n) is 11.8. The first-order valence-electron chi connectivity index (χ1n) is 6.88. The van der Waals surface area contributed by atoms with Gasteiger partial charge in [-0.25, -0.2) is 9.97 Å². The summed E-state index contributed by atoms with van der Waals surface area (Å²) in [6.45, 7) is -0.558. The number of alkyl halides is 3. The molecular weight excluding hydrogens is 311 g/mol. The molecule has 2 aromatic rings. The van der Waals surface area contributed by atoms with Gasteiger partial charge in [-0.3, -0.25) is 4.79 Å². The number of hydrogen-bond acceptors (Lipinski definition) is 4. The van der Waals surface area contributed by atoms with Crippen LogP contribution in [-0.4, -0.2) is 27.6 Å². The Labute approximate surface area is 129 Å². The molecule has 1 aliphatic rings. The van der Waals surface area contributed by atoms with Gasteiger partial charge in [0.05, 0.1) is 5.69 Å². The lowest BCUT2D eigenvalue weighted by Crippen LogP contribution is -2.21. The second-order valence-electron chi connectivity index (χ2n) is 5.13. The summed E-state index contributed by atoms with van der Waals surface area (Å²) in [4.78, 5) is 18.2. The van der Waals surface area contributed by atoms with E-state index in [-0.39, 0.29) is 23.6 Å². The number of nitrogens with zero attached hydrogens (tertiary/aromatic N) is 2. The molecule has 3 rings (SSSR count). The lowest BCUT2D eigenvalue weighted by molar-refractivity contribution is -0.141. The Bertz CT molecular complexity index is 775. The molecule has 0 atom stereocenters. The van der Waals surface area contributed by atoms with Gasteiger partial charge in [-0.05, 0) is 18.4 Å². The Morgan fingerprint density at radius 3 is 2.65 bits per heavy atom. The molecule has 0 aliphatic heterocycles. The van der Waals surface area contributed by atoms with Gasteiger partial charge in [-0.1, -0.05) is 24.3 Å². The molecule has 0 spiro atoms. The maximum atomic E-state index is 13.3. The summed E-state index contributed by atoms with van der Waals surface area (Å²) in [5.74, 6) is -1.55. The number of aliphatic carboxylic acids is 1. The van der Waals surface area contributed by atoms with Crippen LogP contribution in [0.4, 0.5) is 19.1 Å². The molecule has 0 fully saturated rings. The molecule has 2 N–H and O–H groups in total. The molecule has 23 heavy (non-hydrogen) atoms. The molecule has 0 saturated carbocycles. The number of carbonyl (C=O) groups is 1. The highest BCUT2D eigenvalue weighted by Gasteiger charge is 2.38. The average Bonchev–Trinajstić information content (AvgIpc) is 2.51. The molecule has 1 heterocycles. The molecule has 1 aromatic heterocycles. The number of nitrogens with one attached hydrogen (secondary N) is 1. The predicted octanol–water partition coefficient (Wildman–Crippen LogP) is 2.76. The average molecular weight is 323 g/mol. The maximum Gasteiger partial charge on any atom is 0.433 e. The molecule has 5 nitrogen and oxygen atoms in total. The summed E-state index contributed by atoms with van der Waals surface area (Å²) < 4.78 is 39.9. The van der Waals surface area contributed by atoms with Crippen LogP contribution in [0.2, 0.25) is 0 Å². The van der Waals surface area contributed by atoms with Crippen molar-refractivity contribution in [3.63, 3.8) is 0 Å². The summed E-state index contributed by atoms with van der Waals surface area (Å²) >= 11 is 0. The van der Waals surface area contributed by atoms with Gasteiger partial charge in [0.1, 0.15) is 6.54 Å². The SMILES string of the molecule is O=C(O)CNc1nc2c(c(C(F)(F)F)n1)CCc1ccccc1-2. The van der Waals surface area contributed by atoms with Crippen LogP contribution in [-0.2, 0) is 23.8 Å². The van der Waals surface area contributed by atoms with Crippen LogP contribution in [0, 0.1) is 0 Å². The lowest BCUT2D eigenvalue weighted by atomic mass is 9.88. The van der Waals surface area contributed by atoms with Crippen LogP contribution in [0.15, 0.2) is 24.3 Å². The van der Waals surface area contributed by atoms with Gasteiger partial charge in [-0.2, -0.15) is 13.2 Å². The van der Waals surface area contributed by atoms with E-state index in [1.54, 1.807) is 12.1 Å². The highest BCUT2D eigenvalue weighted by atomic mass is 19.4. The van der Waals surface area contributed by atoms with Gasteiger partial charge in [0.2, 0.25) is 5.95 Å². The molecule has 120 valence electrons. The molecule has 1 aliphatic carbocycles. The van der Waals surface area contributed by atoms with Gasteiger partial charge in [0.15, 0.2) is 5.69 Å². The number of benzene rings is 1. The van der Waals surface area contributed by atoms with E-state index in [0.717, 1.165) is 5.56 Å². The Morgan fingerprint density at radius 1 is 1.22 bits per heavy atom. The maximum absolute atomic E-state index is 13.3. The second kappa shape index (κ2) is 5.53. The second-order valence-corrected chi connectivity index (χ2v) is 5.13. The van der Waals surface area contributed by atoms with E-state index in [4.69, 9.17) is 5.11 Å². The zero-order chi connectivity index (χ0) is 16.6. The number of aryl methyl sites for hydroxylation is 1. The molecular formula is C15H12F3N3O2. The van der Waals surface area contributed by atoms with Gasteiger partial charge in [0, 0.05) is 11.1 Å². The molecule has 0 bridgehead atoms. The van der Waals surface area contributed by atoms with E-state index in [1.807, 2.05) is 12.1 Å². The molecule has 0 radical (unpaired) electrons. The molecule has 0 saturated heterocycles. The lowest BCUT2D eigenvalue weighted by Gasteiger charge is -2.22. The summed E-state index contributed by atoms with van der Waals surface area (Å²) in [6, 6.07) is 7.10. The number of aromatic nitrogens is 2. The number of carboxylic acids is 1. The topological polar surface area (TPSA) is 75.1 Å². The van der Waals surface area contributed by atoms with Crippen molar-refractivity contribution in [2.24, 2.45) is 0 Å². The van der Waals surface area contributed by atoms with Crippen molar-refractivity contribution < 1.29 is 23.1 Å². The van der Waals surface area contributed by atoms with Crippen molar-refractivity contribution >= 4 is 11.9 Å². The Balaban J connectivity index is 2.16. The third-order valence-corrected chi connectivity index (χ3v) is 3.59. The van der Waals surface area contributed by atoms with E-state index < -0.39 is 24.4 Å². The summed E-state index contributed by atoms with van der Waals surface area (Å²) in [5.41, 5.74) is 0.792. The fraction of sp³-hybridized carbons (Fsp3) is 0.267. The van der Waals surface area contributed by atoms with Crippen LogP contribution in [0.5, 0.6) is 0 Å². The molecule has 8 heteroatoms. The van der Waals surface area contributed by atoms with Crippen LogP contribution in [0.1, 0.15) is 16.8 Å². The Hall–Kier alpha value is -2.64. The van der Waals surface area contributed by atoms with Gasteiger partial charge >= 0.3 is 12.1 Å². The minimum atomic E-state index is -4.63. The van der Waals surface area contributed by atoms with Gasteiger partial charge in [0.25, 0.3) is 0 Å². The number of anilines is 1. The molecule has 1 aromatic carbocycles. The van der Waals surface area contributed by atoms with Crippen molar-refractivity contribution in [2.45, 2.75) is 19.0 Å². The number of hydrogen-bond donors (Lipinski definition) is 2. The zero-order valence-corrected chi connectivity index (χ0v) is 11.8. The number of halogens is 3. The van der Waals surface area contributed by atoms with Gasteiger partial charge < -0.3 is 10.4 Å². The van der Waals surface area contributed by atoms with E-state index in [2.05, 4.69) is 15.3 Å². The number of fused-ring (bicyclic) bond motifs is 3. The monoisotopic (exact) mass is 323 g/mol. The smallest absolute Gasteiger partial charge is 0.433 e. The fourth-order valence-electron chi connectivity index (χ4n) is 2.64. The summed E-state index contributed by atoms with van der Waals surface area (Å²) in [7, 11) is 0. The van der Waals surface area contributed by atoms with Crippen molar-refractivity contribution in [2.75, 3.05) is 11.9 Å². The quantitative estimate of drug-likeness (QED) is 0.908. The highest BCUT2D eigenvalue weighted by molar-refractivity contribution is 5.74. The summed E-state index contributed by atoms with van der Waals surface area (Å²) in [5, 5.41) is 11.0. The van der Waals surface area contributed by atoms with Crippen molar-refractivity contribution in [3.05, 3.63) is 41.1 Å². The fourth-order valence-corrected chi connectivity index (χ4v) is 2.64. The normalized spacial score (nSPS) is 13.2. The van der Waals surface area contributed by atoms with E-state index in [1.165, 1.54) is 0 Å². The predicted molar refractivity (Wildman–Crippen MR) is 76.0 cm³/mol. The van der Waals surface area contributed by atoms with E-state index >= 15 is 0 Å². The first kappa shape index (κ1) is 15.3. The highest BCUT2D eigenvalue weighted by Crippen LogP contribution is 2.39. The van der Waals surface area contributed by atoms with Crippen LogP contribution >= 0.6 is 0 Å². The van der Waals surface area contributed by atoms with Gasteiger partial charge in [-0.15, -0.1) is 0 Å². The first-order valence-corrected chi connectivity index (χ1v) is 6.88. The summed E-state index contributed by atoms with van der Waals surface area (Å²) in [6.07, 6.45) is -3.95. The van der Waals surface area contributed by atoms with Crippen molar-refractivity contribution in [1.29, 1.82) is 0 Å². The standard InChI is InChI=1S/C15H12F3N3O2/c16-15(17,18)13-10-6-5-8-3-1-2-4-9(8)12(10)20-14(21-13)19-7-11(22)23/h1-4H,5-7H2,(H,22,23)(H,19,20,21). The minimum Gasteiger partial charge on any atom is -0.480 e. The minimum absolute atomic E-state index is 0.0528. The Morgan fingerprint density at radius 2 is 1.96 bits per heavy atom. The molecule has 0 unspecified atom stereocenters. The third-order valence-electron chi connectivity index (χ3n) is 3.59.